The van der Waals surface area contributed by atoms with Crippen LogP contribution >= 0.6 is 15.9 Å². The molecular weight excluding hydrogens is 204 g/mol. The second kappa shape index (κ2) is 2.41. The quantitative estimate of drug-likeness (QED) is 0.634. The maximum atomic E-state index is 5.65. The molecule has 2 unspecified atom stereocenters. The van der Waals surface area contributed by atoms with Gasteiger partial charge in [-0.15, -0.1) is 0 Å². The van der Waals surface area contributed by atoms with Crippen molar-refractivity contribution in [1.29, 1.82) is 0 Å². The second-order valence-corrected chi connectivity index (χ2v) is 3.69. The Morgan fingerprint density at radius 3 is 3.18 bits per heavy atom. The molecular formula is C8H9BrN2. The van der Waals surface area contributed by atoms with Crippen LogP contribution in [0.4, 0.5) is 0 Å². The van der Waals surface area contributed by atoms with E-state index in [0.29, 0.717) is 12.0 Å². The van der Waals surface area contributed by atoms with E-state index in [-0.39, 0.29) is 0 Å². The molecule has 11 heavy (non-hydrogen) atoms. The topological polar surface area (TPSA) is 38.0 Å². The lowest BCUT2D eigenvalue weighted by molar-refractivity contribution is 0.641. The van der Waals surface area contributed by atoms with Crippen LogP contribution in [0.25, 0.3) is 0 Å². The van der Waals surface area contributed by atoms with Crippen LogP contribution in [0.2, 0.25) is 0 Å². The fourth-order valence-corrected chi connectivity index (χ4v) is 1.93. The summed E-state index contributed by atoms with van der Waals surface area (Å²) in [4.78, 5) is 0. The summed E-state index contributed by atoms with van der Waals surface area (Å²) in [7, 11) is 0. The number of rotatable bonds is 0. The number of allylic oxidation sites excluding steroid dienone is 1. The minimum absolute atomic E-state index is 0.400. The van der Waals surface area contributed by atoms with Gasteiger partial charge in [-0.25, -0.2) is 0 Å². The first-order valence-electron chi connectivity index (χ1n) is 3.54. The van der Waals surface area contributed by atoms with Crippen molar-refractivity contribution in [1.82, 2.24) is 5.32 Å². The van der Waals surface area contributed by atoms with E-state index in [1.807, 2.05) is 12.3 Å². The Labute approximate surface area is 74.0 Å². The van der Waals surface area contributed by atoms with Crippen molar-refractivity contribution < 1.29 is 0 Å². The monoisotopic (exact) mass is 212 g/mol. The zero-order valence-electron chi connectivity index (χ0n) is 5.92. The van der Waals surface area contributed by atoms with Gasteiger partial charge in [-0.2, -0.15) is 0 Å². The highest BCUT2D eigenvalue weighted by Crippen LogP contribution is 2.30. The zero-order chi connectivity index (χ0) is 7.84. The predicted molar refractivity (Wildman–Crippen MR) is 48.8 cm³/mol. The van der Waals surface area contributed by atoms with Crippen LogP contribution in [0, 0.1) is 5.92 Å². The average Bonchev–Trinajstić information content (AvgIpc) is 2.33. The minimum Gasteiger partial charge on any atom is -0.399 e. The Morgan fingerprint density at radius 1 is 1.55 bits per heavy atom. The summed E-state index contributed by atoms with van der Waals surface area (Å²) in [5, 5.41) is 3.23. The molecule has 0 aromatic rings. The molecule has 0 amide bonds. The molecule has 2 aliphatic rings. The van der Waals surface area contributed by atoms with Gasteiger partial charge in [0.1, 0.15) is 0 Å². The third-order valence-corrected chi connectivity index (χ3v) is 2.74. The summed E-state index contributed by atoms with van der Waals surface area (Å²) >= 11 is 3.47. The molecule has 0 saturated carbocycles. The van der Waals surface area contributed by atoms with Crippen LogP contribution in [0.15, 0.2) is 34.6 Å². The van der Waals surface area contributed by atoms with E-state index >= 15 is 0 Å². The predicted octanol–water partition coefficient (Wildman–Crippen LogP) is 1.22. The van der Waals surface area contributed by atoms with E-state index in [0.717, 1.165) is 5.70 Å². The number of nitrogens with one attached hydrogen (secondary N) is 1. The van der Waals surface area contributed by atoms with Crippen molar-refractivity contribution in [3.05, 3.63) is 34.6 Å². The van der Waals surface area contributed by atoms with E-state index in [2.05, 4.69) is 33.4 Å². The van der Waals surface area contributed by atoms with Crippen LogP contribution in [-0.4, -0.2) is 6.04 Å². The SMILES string of the molecule is NC1=CC2C(Br)=CNC2C=C1. The number of fused-ring (bicyclic) bond motifs is 1. The van der Waals surface area contributed by atoms with E-state index < -0.39 is 0 Å². The molecule has 2 rings (SSSR count). The molecule has 0 spiro atoms. The van der Waals surface area contributed by atoms with Crippen molar-refractivity contribution in [2.45, 2.75) is 6.04 Å². The van der Waals surface area contributed by atoms with Crippen LogP contribution in [0.3, 0.4) is 0 Å². The summed E-state index contributed by atoms with van der Waals surface area (Å²) in [5.41, 5.74) is 6.50. The Kier molecular flexibility index (Phi) is 1.53. The molecule has 3 N–H and O–H groups in total. The first-order chi connectivity index (χ1) is 5.27. The lowest BCUT2D eigenvalue weighted by Gasteiger charge is -2.18. The maximum absolute atomic E-state index is 5.65. The fourth-order valence-electron chi connectivity index (χ4n) is 1.38. The van der Waals surface area contributed by atoms with Gasteiger partial charge in [0.25, 0.3) is 0 Å². The highest BCUT2D eigenvalue weighted by molar-refractivity contribution is 9.11. The number of nitrogens with two attached hydrogens (primary N) is 1. The molecule has 3 heteroatoms. The molecule has 0 saturated heterocycles. The van der Waals surface area contributed by atoms with Crippen molar-refractivity contribution >= 4 is 15.9 Å². The zero-order valence-corrected chi connectivity index (χ0v) is 7.51. The van der Waals surface area contributed by atoms with E-state index in [4.69, 9.17) is 5.73 Å². The molecule has 2 atom stereocenters. The van der Waals surface area contributed by atoms with Gasteiger partial charge >= 0.3 is 0 Å². The molecule has 2 nitrogen and oxygen atoms in total. The van der Waals surface area contributed by atoms with Gasteiger partial charge in [-0.1, -0.05) is 28.1 Å². The number of hydrogen-bond acceptors (Lipinski definition) is 2. The van der Waals surface area contributed by atoms with Crippen molar-refractivity contribution in [2.24, 2.45) is 11.7 Å². The fraction of sp³-hybridized carbons (Fsp3) is 0.250. The highest BCUT2D eigenvalue weighted by Gasteiger charge is 2.26. The number of halogens is 1. The average molecular weight is 213 g/mol. The first kappa shape index (κ1) is 6.98. The van der Waals surface area contributed by atoms with Crippen LogP contribution in [0.1, 0.15) is 0 Å². The Morgan fingerprint density at radius 2 is 2.36 bits per heavy atom. The van der Waals surface area contributed by atoms with E-state index in [9.17, 15) is 0 Å². The van der Waals surface area contributed by atoms with E-state index in [1.165, 1.54) is 4.48 Å². The molecule has 58 valence electrons. The third kappa shape index (κ3) is 1.09. The van der Waals surface area contributed by atoms with Crippen LogP contribution in [-0.2, 0) is 0 Å². The van der Waals surface area contributed by atoms with Crippen molar-refractivity contribution in [3.63, 3.8) is 0 Å². The standard InChI is InChI=1S/C8H9BrN2/c9-7-4-11-8-2-1-5(10)3-6(7)8/h1-4,6,8,11H,10H2. The summed E-state index contributed by atoms with van der Waals surface area (Å²) < 4.78 is 1.18. The van der Waals surface area contributed by atoms with Gasteiger partial charge < -0.3 is 11.1 Å². The second-order valence-electron chi connectivity index (χ2n) is 2.77. The molecule has 1 aliphatic carbocycles. The number of hydrogen-bond donors (Lipinski definition) is 2. The Hall–Kier alpha value is -0.700. The molecule has 0 radical (unpaired) electrons. The molecule has 0 aromatic carbocycles. The summed E-state index contributed by atoms with van der Waals surface area (Å²) in [6.45, 7) is 0. The Balaban J connectivity index is 2.29. The normalized spacial score (nSPS) is 33.9. The van der Waals surface area contributed by atoms with Crippen molar-refractivity contribution in [2.75, 3.05) is 0 Å². The van der Waals surface area contributed by atoms with Gasteiger partial charge in [0.2, 0.25) is 0 Å². The smallest absolute Gasteiger partial charge is 0.0552 e. The third-order valence-electron chi connectivity index (χ3n) is 1.99. The van der Waals surface area contributed by atoms with Gasteiger partial charge in [0, 0.05) is 22.3 Å². The van der Waals surface area contributed by atoms with Gasteiger partial charge in [0.05, 0.1) is 6.04 Å². The van der Waals surface area contributed by atoms with Crippen LogP contribution < -0.4 is 11.1 Å². The minimum atomic E-state index is 0.400. The van der Waals surface area contributed by atoms with Crippen molar-refractivity contribution in [3.8, 4) is 0 Å². The lowest BCUT2D eigenvalue weighted by atomic mass is 9.96. The summed E-state index contributed by atoms with van der Waals surface area (Å²) in [6, 6.07) is 0.400. The molecule has 1 heterocycles. The molecule has 1 aliphatic heterocycles. The summed E-state index contributed by atoms with van der Waals surface area (Å²) in [5.74, 6) is 0.403. The van der Waals surface area contributed by atoms with Crippen LogP contribution in [0.5, 0.6) is 0 Å². The van der Waals surface area contributed by atoms with Gasteiger partial charge in [-0.3, -0.25) is 0 Å². The largest absolute Gasteiger partial charge is 0.399 e. The summed E-state index contributed by atoms with van der Waals surface area (Å²) in [6.07, 6.45) is 8.07. The molecule has 0 aromatic heterocycles. The van der Waals surface area contributed by atoms with Gasteiger partial charge in [-0.05, 0) is 6.08 Å². The molecule has 0 fully saturated rings. The first-order valence-corrected chi connectivity index (χ1v) is 4.34. The highest BCUT2D eigenvalue weighted by atomic mass is 79.9. The lowest BCUT2D eigenvalue weighted by Crippen LogP contribution is -2.26. The van der Waals surface area contributed by atoms with E-state index in [1.54, 1.807) is 0 Å². The Bertz CT molecular complexity index is 265. The molecule has 0 bridgehead atoms. The maximum Gasteiger partial charge on any atom is 0.0552 e. The van der Waals surface area contributed by atoms with Gasteiger partial charge in [0.15, 0.2) is 0 Å².